The average molecular weight is 85.1 g/mol. The van der Waals surface area contributed by atoms with E-state index in [0.29, 0.717) is 5.70 Å². The molecule has 0 unspecified atom stereocenters. The minimum Gasteiger partial charge on any atom is -0.317 e. The molecule has 0 aliphatic carbocycles. The fourth-order valence-electron chi connectivity index (χ4n) is 0.106. The third-order valence-electron chi connectivity index (χ3n) is 0.476. The molecule has 2 nitrogen and oxygen atoms in total. The van der Waals surface area contributed by atoms with Crippen molar-refractivity contribution in [1.29, 1.82) is 0 Å². The predicted octanol–water partition coefficient (Wildman–Crippen LogP) is 0.266. The monoisotopic (exact) mass is 85.1 g/mol. The zero-order valence-corrected chi connectivity index (χ0v) is 2.62. The van der Waals surface area contributed by atoms with Crippen LogP contribution in [0.5, 0.6) is 0 Å². The zero-order chi connectivity index (χ0) is 3.86. The van der Waals surface area contributed by atoms with Crippen LogP contribution in [0.15, 0.2) is 12.3 Å². The van der Waals surface area contributed by atoms with Crippen LogP contribution in [0.3, 0.4) is 0 Å². The molecule has 0 bridgehead atoms. The lowest BCUT2D eigenvalue weighted by Gasteiger charge is -1.31. The first-order chi connectivity index (χ1) is 2.30. The second kappa shape index (κ2) is 1.12. The van der Waals surface area contributed by atoms with Gasteiger partial charge in [-0.15, -0.1) is 0 Å². The van der Waals surface area contributed by atoms with Crippen molar-refractivity contribution < 1.29 is 4.79 Å². The van der Waals surface area contributed by atoms with Gasteiger partial charge in [-0.05, 0) is 0 Å². The van der Waals surface area contributed by atoms with Crippen LogP contribution in [-0.2, 0) is 4.79 Å². The van der Waals surface area contributed by atoms with E-state index in [-0.39, 0.29) is 13.3 Å². The van der Waals surface area contributed by atoms with Crippen LogP contribution in [0.1, 0.15) is 7.43 Å². The molecule has 1 rings (SSSR count). The number of hydrogen-bond acceptors (Lipinski definition) is 1. The largest absolute Gasteiger partial charge is 0.317 e. The molecule has 0 atom stereocenters. The summed E-state index contributed by atoms with van der Waals surface area (Å²) in [7, 11) is 0. The summed E-state index contributed by atoms with van der Waals surface area (Å²) in [5.41, 5.74) is 0.532. The molecule has 6 heavy (non-hydrogen) atoms. The first-order valence-electron chi connectivity index (χ1n) is 1.31. The summed E-state index contributed by atoms with van der Waals surface area (Å²) in [6.07, 6.45) is 0. The van der Waals surface area contributed by atoms with Crippen LogP contribution in [0.2, 0.25) is 0 Å². The molecule has 2 heteroatoms. The fourth-order valence-corrected chi connectivity index (χ4v) is 0.106. The minimum absolute atomic E-state index is 0. The number of carbonyl (C=O) groups is 1. The summed E-state index contributed by atoms with van der Waals surface area (Å²) in [6, 6.07) is 0. The number of carbonyl (C=O) groups excluding carboxylic acids is 1. The summed E-state index contributed by atoms with van der Waals surface area (Å²) in [5.74, 6) is -0.0231. The summed E-state index contributed by atoms with van der Waals surface area (Å²) in [5, 5.41) is 2.36. The fraction of sp³-hybridized carbons (Fsp3) is 0.250. The van der Waals surface area contributed by atoms with E-state index in [9.17, 15) is 4.79 Å². The molecule has 34 valence electrons. The summed E-state index contributed by atoms with van der Waals surface area (Å²) in [4.78, 5) is 9.68. The van der Waals surface area contributed by atoms with Gasteiger partial charge in [0.2, 0.25) is 0 Å². The first kappa shape index (κ1) is 5.21. The van der Waals surface area contributed by atoms with Gasteiger partial charge in [0.25, 0.3) is 5.91 Å². The molecule has 1 aliphatic rings. The van der Waals surface area contributed by atoms with E-state index in [4.69, 9.17) is 0 Å². The van der Waals surface area contributed by atoms with Crippen molar-refractivity contribution >= 4 is 5.91 Å². The van der Waals surface area contributed by atoms with Gasteiger partial charge in [0, 0.05) is 0 Å². The van der Waals surface area contributed by atoms with Crippen LogP contribution in [0.25, 0.3) is 0 Å². The third-order valence-corrected chi connectivity index (χ3v) is 0.476. The van der Waals surface area contributed by atoms with E-state index in [2.05, 4.69) is 11.9 Å². The topological polar surface area (TPSA) is 39.0 Å². The highest BCUT2D eigenvalue weighted by Crippen LogP contribution is 1.96. The molecule has 1 amide bonds. The Morgan fingerprint density at radius 3 is 1.83 bits per heavy atom. The maximum absolute atomic E-state index is 9.68. The van der Waals surface area contributed by atoms with Crippen molar-refractivity contribution in [2.45, 2.75) is 7.43 Å². The lowest BCUT2D eigenvalue weighted by atomic mass is 10.7. The van der Waals surface area contributed by atoms with Crippen LogP contribution >= 0.6 is 0 Å². The maximum atomic E-state index is 9.68. The molecule has 0 radical (unpaired) electrons. The predicted molar refractivity (Wildman–Crippen MR) is 24.0 cm³/mol. The van der Waals surface area contributed by atoms with Crippen LogP contribution in [-0.4, -0.2) is 5.91 Å². The Labute approximate surface area is 36.9 Å². The van der Waals surface area contributed by atoms with E-state index >= 15 is 0 Å². The Morgan fingerprint density at radius 1 is 1.67 bits per heavy atom. The highest BCUT2D eigenvalue weighted by atomic mass is 16.2. The quantitative estimate of drug-likeness (QED) is 0.332. The number of rotatable bonds is 0. The van der Waals surface area contributed by atoms with E-state index in [1.54, 1.807) is 0 Å². The van der Waals surface area contributed by atoms with Gasteiger partial charge in [-0.3, -0.25) is 4.79 Å². The Balaban J connectivity index is 0.000000250. The Bertz CT molecular complexity index is 83.7. The van der Waals surface area contributed by atoms with Gasteiger partial charge < -0.3 is 5.32 Å². The molecule has 0 aromatic carbocycles. The molecule has 1 fully saturated rings. The van der Waals surface area contributed by atoms with Gasteiger partial charge in [0.05, 0.1) is 5.70 Å². The lowest BCUT2D eigenvalue weighted by molar-refractivity contribution is -0.109. The van der Waals surface area contributed by atoms with E-state index in [1.165, 1.54) is 0 Å². The second-order valence-electron chi connectivity index (χ2n) is 0.933. The second-order valence-corrected chi connectivity index (χ2v) is 0.933. The molecule has 1 saturated heterocycles. The van der Waals surface area contributed by atoms with Gasteiger partial charge in [-0.25, -0.2) is 0 Å². The van der Waals surface area contributed by atoms with Crippen LogP contribution in [0.4, 0.5) is 0 Å². The molecule has 0 aromatic rings. The van der Waals surface area contributed by atoms with Gasteiger partial charge >= 0.3 is 0 Å². The normalized spacial score (nSPS) is 15.3. The highest BCUT2D eigenvalue weighted by Gasteiger charge is 2.20. The molecule has 1 N–H and O–H groups in total. The van der Waals surface area contributed by atoms with Gasteiger partial charge in [0.1, 0.15) is 0 Å². The van der Waals surface area contributed by atoms with Crippen molar-refractivity contribution in [3.8, 4) is 0 Å². The minimum atomic E-state index is -0.0231. The van der Waals surface area contributed by atoms with Crippen molar-refractivity contribution in [3.63, 3.8) is 0 Å². The SMILES string of the molecule is C.C=C1NC1=O. The standard InChI is InChI=1S/C3H3NO.CH4/c1-2-3(5)4-2;/h1H2,(H,4,5);1H4. The van der Waals surface area contributed by atoms with Gasteiger partial charge in [0.15, 0.2) is 0 Å². The van der Waals surface area contributed by atoms with E-state index in [1.807, 2.05) is 0 Å². The highest BCUT2D eigenvalue weighted by molar-refractivity contribution is 6.09. The Morgan fingerprint density at radius 2 is 1.83 bits per heavy atom. The van der Waals surface area contributed by atoms with Crippen LogP contribution < -0.4 is 5.32 Å². The number of amides is 1. The summed E-state index contributed by atoms with van der Waals surface area (Å²) in [6.45, 7) is 3.29. The molecule has 0 aromatic heterocycles. The number of nitrogens with one attached hydrogen (secondary N) is 1. The smallest absolute Gasteiger partial charge is 0.271 e. The molecule has 0 saturated carbocycles. The van der Waals surface area contributed by atoms with Crippen molar-refractivity contribution in [2.75, 3.05) is 0 Å². The molecular weight excluding hydrogens is 78.0 g/mol. The Hall–Kier alpha value is -0.790. The Kier molecular flexibility index (Phi) is 0.977. The molecule has 1 aliphatic heterocycles. The van der Waals surface area contributed by atoms with Crippen molar-refractivity contribution in [3.05, 3.63) is 12.3 Å². The van der Waals surface area contributed by atoms with E-state index < -0.39 is 0 Å². The zero-order valence-electron chi connectivity index (χ0n) is 2.62. The lowest BCUT2D eigenvalue weighted by Crippen LogP contribution is -1.66. The average Bonchev–Trinajstić information content (AvgIpc) is 1.79. The third kappa shape index (κ3) is 0.578. The van der Waals surface area contributed by atoms with Crippen LogP contribution in [0, 0.1) is 0 Å². The maximum Gasteiger partial charge on any atom is 0.271 e. The van der Waals surface area contributed by atoms with Gasteiger partial charge in [-0.1, -0.05) is 14.0 Å². The molecule has 0 spiro atoms. The number of hydrogen-bond donors (Lipinski definition) is 1. The summed E-state index contributed by atoms with van der Waals surface area (Å²) < 4.78 is 0. The van der Waals surface area contributed by atoms with E-state index in [0.717, 1.165) is 0 Å². The first-order valence-corrected chi connectivity index (χ1v) is 1.31. The summed E-state index contributed by atoms with van der Waals surface area (Å²) >= 11 is 0. The molecular formula is C4H7NO. The van der Waals surface area contributed by atoms with Crippen molar-refractivity contribution in [1.82, 2.24) is 5.32 Å². The molecule has 1 heterocycles. The van der Waals surface area contributed by atoms with Crippen molar-refractivity contribution in [2.24, 2.45) is 0 Å². The van der Waals surface area contributed by atoms with Gasteiger partial charge in [-0.2, -0.15) is 0 Å².